The maximum absolute atomic E-state index is 11.8. The number of hydrogen-bond donors (Lipinski definition) is 2. The Morgan fingerprint density at radius 1 is 1.09 bits per heavy atom. The number of carbonyl (C=O) groups excluding carboxylic acids is 1. The first kappa shape index (κ1) is 18.5. The van der Waals surface area contributed by atoms with Crippen LogP contribution in [0.15, 0.2) is 24.3 Å². The molecule has 0 aromatic heterocycles. The van der Waals surface area contributed by atoms with Gasteiger partial charge in [0.05, 0.1) is 12.6 Å². The lowest BCUT2D eigenvalue weighted by molar-refractivity contribution is -0.115. The summed E-state index contributed by atoms with van der Waals surface area (Å²) in [4.78, 5) is 11.8. The van der Waals surface area contributed by atoms with Crippen molar-refractivity contribution >= 4 is 11.6 Å². The topological polar surface area (TPSA) is 50.4 Å². The predicted molar refractivity (Wildman–Crippen MR) is 92.5 cm³/mol. The number of unbranched alkanes of at least 4 members (excludes halogenated alkanes) is 4. The first-order chi connectivity index (χ1) is 10.6. The largest absolute Gasteiger partial charge is 0.491 e. The third-order valence-corrected chi connectivity index (χ3v) is 3.25. The summed E-state index contributed by atoms with van der Waals surface area (Å²) in [7, 11) is 0. The maximum atomic E-state index is 11.8. The molecule has 1 rings (SSSR count). The Bertz CT molecular complexity index is 416. The molecule has 1 aromatic carbocycles. The van der Waals surface area contributed by atoms with Gasteiger partial charge in [-0.2, -0.15) is 0 Å². The van der Waals surface area contributed by atoms with Gasteiger partial charge in [0.1, 0.15) is 5.75 Å². The molecule has 22 heavy (non-hydrogen) atoms. The summed E-state index contributed by atoms with van der Waals surface area (Å²) < 4.78 is 5.57. The van der Waals surface area contributed by atoms with E-state index in [1.165, 1.54) is 25.7 Å². The molecule has 0 radical (unpaired) electrons. The van der Waals surface area contributed by atoms with Crippen LogP contribution in [0, 0.1) is 0 Å². The summed E-state index contributed by atoms with van der Waals surface area (Å²) in [6.45, 7) is 7.45. The molecule has 0 bridgehead atoms. The Hall–Kier alpha value is -1.55. The van der Waals surface area contributed by atoms with E-state index in [0.717, 1.165) is 24.4 Å². The van der Waals surface area contributed by atoms with E-state index in [0.29, 0.717) is 6.54 Å². The Kier molecular flexibility index (Phi) is 9.31. The molecule has 0 fully saturated rings. The standard InChI is InChI=1S/C18H30N2O2/c1-4-5-6-7-8-13-19-14-18(21)20-16-9-11-17(12-10-16)22-15(2)3/h9-12,15,19H,4-8,13-14H2,1-3H3,(H,20,21). The molecule has 0 aliphatic heterocycles. The fourth-order valence-electron chi connectivity index (χ4n) is 2.15. The van der Waals surface area contributed by atoms with Crippen molar-refractivity contribution in [3.8, 4) is 5.75 Å². The second-order valence-corrected chi connectivity index (χ2v) is 5.83. The van der Waals surface area contributed by atoms with Gasteiger partial charge in [0.2, 0.25) is 5.91 Å². The van der Waals surface area contributed by atoms with E-state index >= 15 is 0 Å². The molecular formula is C18H30N2O2. The number of hydrogen-bond acceptors (Lipinski definition) is 3. The smallest absolute Gasteiger partial charge is 0.238 e. The number of nitrogens with one attached hydrogen (secondary N) is 2. The highest BCUT2D eigenvalue weighted by atomic mass is 16.5. The summed E-state index contributed by atoms with van der Waals surface area (Å²) in [5.41, 5.74) is 0.797. The van der Waals surface area contributed by atoms with E-state index in [-0.39, 0.29) is 12.0 Å². The highest BCUT2D eigenvalue weighted by molar-refractivity contribution is 5.92. The second-order valence-electron chi connectivity index (χ2n) is 5.83. The van der Waals surface area contributed by atoms with Crippen LogP contribution in [-0.2, 0) is 4.79 Å². The van der Waals surface area contributed by atoms with Crippen molar-refractivity contribution in [2.45, 2.75) is 59.0 Å². The Balaban J connectivity index is 2.16. The van der Waals surface area contributed by atoms with Gasteiger partial charge in [-0.25, -0.2) is 0 Å². The molecule has 2 N–H and O–H groups in total. The van der Waals surface area contributed by atoms with Crippen molar-refractivity contribution in [3.05, 3.63) is 24.3 Å². The quantitative estimate of drug-likeness (QED) is 0.608. The third-order valence-electron chi connectivity index (χ3n) is 3.25. The summed E-state index contributed by atoms with van der Waals surface area (Å²) in [5, 5.41) is 6.06. The van der Waals surface area contributed by atoms with Crippen LogP contribution in [0.4, 0.5) is 5.69 Å². The number of benzene rings is 1. The Morgan fingerprint density at radius 2 is 1.77 bits per heavy atom. The molecule has 0 aliphatic carbocycles. The molecule has 1 amide bonds. The fourth-order valence-corrected chi connectivity index (χ4v) is 2.15. The lowest BCUT2D eigenvalue weighted by Crippen LogP contribution is -2.28. The zero-order valence-corrected chi connectivity index (χ0v) is 14.2. The van der Waals surface area contributed by atoms with Crippen molar-refractivity contribution in [1.29, 1.82) is 0 Å². The van der Waals surface area contributed by atoms with Crippen molar-refractivity contribution in [3.63, 3.8) is 0 Å². The minimum absolute atomic E-state index is 0.00825. The van der Waals surface area contributed by atoms with Gasteiger partial charge in [0, 0.05) is 5.69 Å². The zero-order chi connectivity index (χ0) is 16.2. The fraction of sp³-hybridized carbons (Fsp3) is 0.611. The van der Waals surface area contributed by atoms with Crippen LogP contribution in [0.1, 0.15) is 52.9 Å². The molecular weight excluding hydrogens is 276 g/mol. The van der Waals surface area contributed by atoms with Gasteiger partial charge in [-0.3, -0.25) is 4.79 Å². The highest BCUT2D eigenvalue weighted by Crippen LogP contribution is 2.16. The molecule has 0 heterocycles. The van der Waals surface area contributed by atoms with Crippen LogP contribution < -0.4 is 15.4 Å². The average molecular weight is 306 g/mol. The van der Waals surface area contributed by atoms with Gasteiger partial charge >= 0.3 is 0 Å². The van der Waals surface area contributed by atoms with Gasteiger partial charge in [0.15, 0.2) is 0 Å². The summed E-state index contributed by atoms with van der Waals surface area (Å²) >= 11 is 0. The van der Waals surface area contributed by atoms with Crippen LogP contribution in [0.3, 0.4) is 0 Å². The van der Waals surface area contributed by atoms with Crippen LogP contribution in [-0.4, -0.2) is 25.1 Å². The molecule has 124 valence electrons. The summed E-state index contributed by atoms with van der Waals surface area (Å²) in [5.74, 6) is 0.810. The molecule has 0 saturated heterocycles. The van der Waals surface area contributed by atoms with E-state index in [2.05, 4.69) is 17.6 Å². The molecule has 0 unspecified atom stereocenters. The number of anilines is 1. The second kappa shape index (κ2) is 11.1. The van der Waals surface area contributed by atoms with Crippen molar-refractivity contribution in [2.75, 3.05) is 18.4 Å². The highest BCUT2D eigenvalue weighted by Gasteiger charge is 2.03. The van der Waals surface area contributed by atoms with Gasteiger partial charge in [-0.1, -0.05) is 32.6 Å². The van der Waals surface area contributed by atoms with Gasteiger partial charge in [-0.05, 0) is 51.1 Å². The number of carbonyl (C=O) groups is 1. The normalized spacial score (nSPS) is 10.7. The summed E-state index contributed by atoms with van der Waals surface area (Å²) in [6, 6.07) is 7.47. The van der Waals surface area contributed by atoms with Crippen molar-refractivity contribution < 1.29 is 9.53 Å². The lowest BCUT2D eigenvalue weighted by Gasteiger charge is -2.11. The Morgan fingerprint density at radius 3 is 2.41 bits per heavy atom. The summed E-state index contributed by atoms with van der Waals surface area (Å²) in [6.07, 6.45) is 6.37. The molecule has 0 spiro atoms. The zero-order valence-electron chi connectivity index (χ0n) is 14.2. The first-order valence-corrected chi connectivity index (χ1v) is 8.39. The number of rotatable bonds is 11. The van der Waals surface area contributed by atoms with Gasteiger partial charge < -0.3 is 15.4 Å². The van der Waals surface area contributed by atoms with E-state index in [9.17, 15) is 4.79 Å². The van der Waals surface area contributed by atoms with Crippen molar-refractivity contribution in [1.82, 2.24) is 5.32 Å². The van der Waals surface area contributed by atoms with Gasteiger partial charge in [-0.15, -0.1) is 0 Å². The predicted octanol–water partition coefficient (Wildman–Crippen LogP) is 3.97. The van der Waals surface area contributed by atoms with Gasteiger partial charge in [0.25, 0.3) is 0 Å². The monoisotopic (exact) mass is 306 g/mol. The molecule has 0 atom stereocenters. The van der Waals surface area contributed by atoms with Crippen LogP contribution >= 0.6 is 0 Å². The van der Waals surface area contributed by atoms with E-state index in [1.54, 1.807) is 0 Å². The third kappa shape index (κ3) is 8.67. The first-order valence-electron chi connectivity index (χ1n) is 8.39. The maximum Gasteiger partial charge on any atom is 0.238 e. The van der Waals surface area contributed by atoms with Crippen LogP contribution in [0.5, 0.6) is 5.75 Å². The minimum atomic E-state index is -0.00825. The average Bonchev–Trinajstić information content (AvgIpc) is 2.48. The molecule has 1 aromatic rings. The lowest BCUT2D eigenvalue weighted by atomic mass is 10.1. The van der Waals surface area contributed by atoms with Crippen molar-refractivity contribution in [2.24, 2.45) is 0 Å². The number of amides is 1. The van der Waals surface area contributed by atoms with E-state index in [4.69, 9.17) is 4.74 Å². The molecule has 4 heteroatoms. The number of ether oxygens (including phenoxy) is 1. The van der Waals surface area contributed by atoms with Crippen LogP contribution in [0.2, 0.25) is 0 Å². The molecule has 4 nitrogen and oxygen atoms in total. The SMILES string of the molecule is CCCCCCCNCC(=O)Nc1ccc(OC(C)C)cc1. The van der Waals surface area contributed by atoms with Crippen LogP contribution in [0.25, 0.3) is 0 Å². The molecule has 0 saturated carbocycles. The minimum Gasteiger partial charge on any atom is -0.491 e. The Labute approximate surface area is 134 Å². The van der Waals surface area contributed by atoms with E-state index in [1.807, 2.05) is 38.1 Å². The molecule has 0 aliphatic rings. The van der Waals surface area contributed by atoms with E-state index < -0.39 is 0 Å².